The van der Waals surface area contributed by atoms with Gasteiger partial charge in [0.1, 0.15) is 11.3 Å². The van der Waals surface area contributed by atoms with Crippen LogP contribution in [0.15, 0.2) is 28.7 Å². The maximum absolute atomic E-state index is 6.01. The Morgan fingerprint density at radius 3 is 2.84 bits per heavy atom. The second kappa shape index (κ2) is 5.35. The third kappa shape index (κ3) is 2.67. The van der Waals surface area contributed by atoms with Gasteiger partial charge in [0.15, 0.2) is 0 Å². The highest BCUT2D eigenvalue weighted by Crippen LogP contribution is 2.31. The van der Waals surface area contributed by atoms with E-state index in [0.717, 1.165) is 37.0 Å². The van der Waals surface area contributed by atoms with Crippen LogP contribution in [0.1, 0.15) is 31.1 Å². The number of nitrogens with zero attached hydrogens (tertiary/aromatic N) is 1. The number of furan rings is 1. The van der Waals surface area contributed by atoms with Crippen molar-refractivity contribution in [2.75, 3.05) is 13.6 Å². The highest BCUT2D eigenvalue weighted by atomic mass is 16.3. The van der Waals surface area contributed by atoms with Crippen molar-refractivity contribution in [3.8, 4) is 0 Å². The summed E-state index contributed by atoms with van der Waals surface area (Å²) in [6.45, 7) is 4.90. The molecular weight excluding hydrogens is 236 g/mol. The van der Waals surface area contributed by atoms with E-state index in [1.165, 1.54) is 23.8 Å². The molecule has 1 aliphatic rings. The predicted octanol–water partition coefficient (Wildman–Crippen LogP) is 3.14. The summed E-state index contributed by atoms with van der Waals surface area (Å²) in [6, 6.07) is 9.14. The Kier molecular flexibility index (Phi) is 3.58. The van der Waals surface area contributed by atoms with Crippen LogP contribution in [0.4, 0.5) is 0 Å². The fraction of sp³-hybridized carbons (Fsp3) is 0.500. The van der Waals surface area contributed by atoms with Crippen molar-refractivity contribution in [3.63, 3.8) is 0 Å². The zero-order chi connectivity index (χ0) is 13.2. The van der Waals surface area contributed by atoms with Crippen LogP contribution in [-0.2, 0) is 13.1 Å². The molecule has 0 bridgehead atoms. The van der Waals surface area contributed by atoms with Gasteiger partial charge in [0.05, 0.1) is 6.54 Å². The van der Waals surface area contributed by atoms with Crippen LogP contribution in [0.3, 0.4) is 0 Å². The second-order valence-corrected chi connectivity index (χ2v) is 5.43. The smallest absolute Gasteiger partial charge is 0.134 e. The Hall–Kier alpha value is -1.32. The van der Waals surface area contributed by atoms with Gasteiger partial charge in [-0.25, -0.2) is 0 Å². The molecule has 3 heteroatoms. The zero-order valence-electron chi connectivity index (χ0n) is 11.8. The lowest BCUT2D eigenvalue weighted by atomic mass is 10.1. The van der Waals surface area contributed by atoms with E-state index in [2.05, 4.69) is 42.4 Å². The summed E-state index contributed by atoms with van der Waals surface area (Å²) in [6.07, 6.45) is 2.68. The monoisotopic (exact) mass is 258 g/mol. The molecule has 0 amide bonds. The van der Waals surface area contributed by atoms with Crippen LogP contribution in [0.5, 0.6) is 0 Å². The summed E-state index contributed by atoms with van der Waals surface area (Å²) in [5.41, 5.74) is 2.36. The molecule has 1 N–H and O–H groups in total. The lowest BCUT2D eigenvalue weighted by Gasteiger charge is -2.15. The van der Waals surface area contributed by atoms with Crippen molar-refractivity contribution < 1.29 is 4.42 Å². The van der Waals surface area contributed by atoms with E-state index in [1.54, 1.807) is 0 Å². The molecule has 0 aliphatic heterocycles. The van der Waals surface area contributed by atoms with E-state index in [0.29, 0.717) is 0 Å². The molecule has 1 aliphatic carbocycles. The van der Waals surface area contributed by atoms with Gasteiger partial charge in [-0.15, -0.1) is 0 Å². The van der Waals surface area contributed by atoms with Crippen molar-refractivity contribution in [1.82, 2.24) is 10.2 Å². The van der Waals surface area contributed by atoms with E-state index in [9.17, 15) is 0 Å². The predicted molar refractivity (Wildman–Crippen MR) is 78.1 cm³/mol. The lowest BCUT2D eigenvalue weighted by Crippen LogP contribution is -2.21. The van der Waals surface area contributed by atoms with E-state index in [4.69, 9.17) is 4.42 Å². The zero-order valence-corrected chi connectivity index (χ0v) is 11.8. The summed E-state index contributed by atoms with van der Waals surface area (Å²) < 4.78 is 6.01. The van der Waals surface area contributed by atoms with E-state index >= 15 is 0 Å². The Bertz CT molecular complexity index is 557. The molecule has 3 rings (SSSR count). The van der Waals surface area contributed by atoms with Crippen LogP contribution < -0.4 is 5.32 Å². The van der Waals surface area contributed by atoms with Gasteiger partial charge in [0.2, 0.25) is 0 Å². The van der Waals surface area contributed by atoms with Gasteiger partial charge in [-0.3, -0.25) is 4.90 Å². The van der Waals surface area contributed by atoms with Crippen molar-refractivity contribution in [3.05, 3.63) is 35.6 Å². The summed E-state index contributed by atoms with van der Waals surface area (Å²) in [5, 5.41) is 4.64. The molecular formula is C16H22N2O. The average molecular weight is 258 g/mol. The number of nitrogens with one attached hydrogen (secondary N) is 1. The third-order valence-electron chi connectivity index (χ3n) is 3.90. The molecule has 0 atom stereocenters. The molecule has 2 aromatic rings. The van der Waals surface area contributed by atoms with Gasteiger partial charge in [0, 0.05) is 23.5 Å². The summed E-state index contributed by atoms with van der Waals surface area (Å²) in [4.78, 5) is 2.45. The first-order chi connectivity index (χ1) is 9.29. The molecule has 1 aromatic carbocycles. The van der Waals surface area contributed by atoms with Gasteiger partial charge in [0.25, 0.3) is 0 Å². The largest absolute Gasteiger partial charge is 0.459 e. The third-order valence-corrected chi connectivity index (χ3v) is 3.90. The van der Waals surface area contributed by atoms with E-state index in [-0.39, 0.29) is 0 Å². The highest BCUT2D eigenvalue weighted by molar-refractivity contribution is 5.82. The van der Waals surface area contributed by atoms with Crippen LogP contribution >= 0.6 is 0 Å². The van der Waals surface area contributed by atoms with Crippen LogP contribution in [0, 0.1) is 0 Å². The van der Waals surface area contributed by atoms with Crippen LogP contribution in [-0.4, -0.2) is 24.5 Å². The minimum Gasteiger partial charge on any atom is -0.459 e. The lowest BCUT2D eigenvalue weighted by molar-refractivity contribution is 0.313. The van der Waals surface area contributed by atoms with Crippen molar-refractivity contribution in [2.24, 2.45) is 0 Å². The molecule has 0 radical (unpaired) electrons. The maximum atomic E-state index is 6.01. The topological polar surface area (TPSA) is 28.4 Å². The fourth-order valence-corrected chi connectivity index (χ4v) is 2.60. The Morgan fingerprint density at radius 1 is 1.32 bits per heavy atom. The number of rotatable bonds is 6. The fourth-order valence-electron chi connectivity index (χ4n) is 2.60. The summed E-state index contributed by atoms with van der Waals surface area (Å²) in [5.74, 6) is 1.09. The molecule has 1 saturated carbocycles. The average Bonchev–Trinajstić information content (AvgIpc) is 3.22. The molecule has 0 unspecified atom stereocenters. The second-order valence-electron chi connectivity index (χ2n) is 5.43. The van der Waals surface area contributed by atoms with Gasteiger partial charge in [-0.05, 0) is 32.5 Å². The normalized spacial score (nSPS) is 15.5. The van der Waals surface area contributed by atoms with E-state index in [1.807, 2.05) is 6.07 Å². The quantitative estimate of drug-likeness (QED) is 0.863. The van der Waals surface area contributed by atoms with Crippen molar-refractivity contribution in [2.45, 2.75) is 38.9 Å². The van der Waals surface area contributed by atoms with Gasteiger partial charge >= 0.3 is 0 Å². The number of para-hydroxylation sites is 1. The first-order valence-corrected chi connectivity index (χ1v) is 7.20. The number of fused-ring (bicyclic) bond motifs is 1. The standard InChI is InChI=1S/C16H22N2O/c1-3-17-10-16-14(11-18(2)12-8-9-12)13-6-4-5-7-15(13)19-16/h4-7,12,17H,3,8-11H2,1-2H3. The maximum Gasteiger partial charge on any atom is 0.134 e. The Balaban J connectivity index is 1.92. The first kappa shape index (κ1) is 12.7. The molecule has 19 heavy (non-hydrogen) atoms. The Labute approximate surface area is 114 Å². The van der Waals surface area contributed by atoms with Gasteiger partial charge < -0.3 is 9.73 Å². The SMILES string of the molecule is CCNCc1oc2ccccc2c1CN(C)C1CC1. The van der Waals surface area contributed by atoms with Gasteiger partial charge in [-0.2, -0.15) is 0 Å². The molecule has 102 valence electrons. The summed E-state index contributed by atoms with van der Waals surface area (Å²) in [7, 11) is 2.22. The first-order valence-electron chi connectivity index (χ1n) is 7.20. The van der Waals surface area contributed by atoms with Crippen LogP contribution in [0.2, 0.25) is 0 Å². The number of benzene rings is 1. The van der Waals surface area contributed by atoms with Gasteiger partial charge in [-0.1, -0.05) is 25.1 Å². The minimum absolute atomic E-state index is 0.778. The molecule has 1 heterocycles. The molecule has 1 fully saturated rings. The van der Waals surface area contributed by atoms with Crippen molar-refractivity contribution >= 4 is 11.0 Å². The highest BCUT2D eigenvalue weighted by Gasteiger charge is 2.27. The minimum atomic E-state index is 0.778. The number of hydrogen-bond donors (Lipinski definition) is 1. The summed E-state index contributed by atoms with van der Waals surface area (Å²) >= 11 is 0. The van der Waals surface area contributed by atoms with Crippen molar-refractivity contribution in [1.29, 1.82) is 0 Å². The molecule has 0 saturated heterocycles. The number of hydrogen-bond acceptors (Lipinski definition) is 3. The Morgan fingerprint density at radius 2 is 2.11 bits per heavy atom. The molecule has 0 spiro atoms. The molecule has 1 aromatic heterocycles. The molecule has 3 nitrogen and oxygen atoms in total. The van der Waals surface area contributed by atoms with E-state index < -0.39 is 0 Å². The van der Waals surface area contributed by atoms with Crippen LogP contribution in [0.25, 0.3) is 11.0 Å².